The predicted molar refractivity (Wildman–Crippen MR) is 84.5 cm³/mol. The second-order valence-corrected chi connectivity index (χ2v) is 5.69. The van der Waals surface area contributed by atoms with Gasteiger partial charge in [0.2, 0.25) is 0 Å². The summed E-state index contributed by atoms with van der Waals surface area (Å²) in [7, 11) is 0. The molecule has 6 heteroatoms. The van der Waals surface area contributed by atoms with Gasteiger partial charge in [0.1, 0.15) is 5.02 Å². The first-order valence-electron chi connectivity index (χ1n) is 6.84. The Morgan fingerprint density at radius 2 is 2.05 bits per heavy atom. The van der Waals surface area contributed by atoms with E-state index in [2.05, 4.69) is 0 Å². The fraction of sp³-hybridized carbons (Fsp3) is 0.188. The van der Waals surface area contributed by atoms with Crippen molar-refractivity contribution in [3.05, 3.63) is 68.7 Å². The predicted octanol–water partition coefficient (Wildman–Crippen LogP) is 3.84. The van der Waals surface area contributed by atoms with Crippen LogP contribution >= 0.6 is 11.6 Å². The van der Waals surface area contributed by atoms with Crippen molar-refractivity contribution in [1.29, 1.82) is 0 Å². The van der Waals surface area contributed by atoms with Crippen molar-refractivity contribution in [2.75, 3.05) is 4.90 Å². The van der Waals surface area contributed by atoms with Crippen molar-refractivity contribution in [3.63, 3.8) is 0 Å². The number of fused-ring (bicyclic) bond motifs is 1. The van der Waals surface area contributed by atoms with Gasteiger partial charge in [-0.15, -0.1) is 0 Å². The Morgan fingerprint density at radius 3 is 2.77 bits per heavy atom. The Labute approximate surface area is 132 Å². The lowest BCUT2D eigenvalue weighted by Gasteiger charge is -2.22. The lowest BCUT2D eigenvalue weighted by atomic mass is 10.1. The van der Waals surface area contributed by atoms with Gasteiger partial charge in [-0.1, -0.05) is 29.8 Å². The molecule has 0 aliphatic carbocycles. The molecule has 1 atom stereocenters. The zero-order valence-electron chi connectivity index (χ0n) is 11.8. The molecule has 1 unspecified atom stereocenters. The summed E-state index contributed by atoms with van der Waals surface area (Å²) in [6.07, 6.45) is 0.775. The molecule has 5 nitrogen and oxygen atoms in total. The van der Waals surface area contributed by atoms with Gasteiger partial charge in [0, 0.05) is 23.4 Å². The zero-order valence-corrected chi connectivity index (χ0v) is 12.6. The number of rotatable bonds is 2. The number of benzene rings is 2. The molecule has 22 heavy (non-hydrogen) atoms. The summed E-state index contributed by atoms with van der Waals surface area (Å²) < 4.78 is 0. The minimum absolute atomic E-state index is 0.0136. The average Bonchev–Trinajstić information content (AvgIpc) is 2.82. The van der Waals surface area contributed by atoms with Crippen molar-refractivity contribution in [2.24, 2.45) is 0 Å². The summed E-state index contributed by atoms with van der Waals surface area (Å²) in [5.74, 6) is -0.253. The molecule has 0 aromatic heterocycles. The maximum atomic E-state index is 12.8. The fourth-order valence-electron chi connectivity index (χ4n) is 2.80. The standard InChI is InChI=1S/C16H13ClN2O3/c1-10-8-11-4-2-3-5-14(11)18(10)16(20)12-6-7-13(17)15(9-12)19(21)22/h2-7,9-10H,8H2,1H3. The van der Waals surface area contributed by atoms with E-state index in [1.165, 1.54) is 18.2 Å². The normalized spacial score (nSPS) is 16.5. The molecule has 1 amide bonds. The van der Waals surface area contributed by atoms with Gasteiger partial charge in [-0.05, 0) is 37.1 Å². The molecule has 0 bridgehead atoms. The van der Waals surface area contributed by atoms with Crippen molar-refractivity contribution in [1.82, 2.24) is 0 Å². The molecule has 0 radical (unpaired) electrons. The number of carbonyl (C=O) groups is 1. The van der Waals surface area contributed by atoms with E-state index in [9.17, 15) is 14.9 Å². The summed E-state index contributed by atoms with van der Waals surface area (Å²) in [5.41, 5.74) is 1.97. The molecule has 1 heterocycles. The van der Waals surface area contributed by atoms with Crippen LogP contribution in [0.5, 0.6) is 0 Å². The van der Waals surface area contributed by atoms with Crippen molar-refractivity contribution in [2.45, 2.75) is 19.4 Å². The van der Waals surface area contributed by atoms with Crippen molar-refractivity contribution < 1.29 is 9.72 Å². The number of anilines is 1. The van der Waals surface area contributed by atoms with Gasteiger partial charge in [0.15, 0.2) is 0 Å². The molecule has 3 rings (SSSR count). The molecule has 0 saturated carbocycles. The number of amides is 1. The fourth-order valence-corrected chi connectivity index (χ4v) is 2.99. The van der Waals surface area contributed by atoms with Gasteiger partial charge in [0.25, 0.3) is 11.6 Å². The SMILES string of the molecule is CC1Cc2ccccc2N1C(=O)c1ccc(Cl)c([N+](=O)[O-])c1. The molecular weight excluding hydrogens is 304 g/mol. The van der Waals surface area contributed by atoms with E-state index in [4.69, 9.17) is 11.6 Å². The van der Waals surface area contributed by atoms with Gasteiger partial charge in [-0.25, -0.2) is 0 Å². The Kier molecular flexibility index (Phi) is 3.58. The summed E-state index contributed by atoms with van der Waals surface area (Å²) in [6, 6.07) is 11.8. The maximum Gasteiger partial charge on any atom is 0.288 e. The second kappa shape index (κ2) is 5.42. The molecule has 0 N–H and O–H groups in total. The second-order valence-electron chi connectivity index (χ2n) is 5.28. The molecule has 0 saturated heterocycles. The third-order valence-electron chi connectivity index (χ3n) is 3.82. The number of carbonyl (C=O) groups excluding carboxylic acids is 1. The van der Waals surface area contributed by atoms with E-state index < -0.39 is 4.92 Å². The summed E-state index contributed by atoms with van der Waals surface area (Å²) in [4.78, 5) is 24.8. The van der Waals surface area contributed by atoms with Crippen LogP contribution in [0.3, 0.4) is 0 Å². The van der Waals surface area contributed by atoms with Gasteiger partial charge >= 0.3 is 0 Å². The lowest BCUT2D eigenvalue weighted by Crippen LogP contribution is -2.35. The minimum atomic E-state index is -0.583. The van der Waals surface area contributed by atoms with Gasteiger partial charge < -0.3 is 4.90 Å². The number of nitrogens with zero attached hydrogens (tertiary/aromatic N) is 2. The van der Waals surface area contributed by atoms with E-state index in [1.54, 1.807) is 4.90 Å². The molecule has 2 aromatic carbocycles. The molecule has 1 aliphatic rings. The van der Waals surface area contributed by atoms with Crippen LogP contribution < -0.4 is 4.90 Å². The highest BCUT2D eigenvalue weighted by Crippen LogP contribution is 2.34. The lowest BCUT2D eigenvalue weighted by molar-refractivity contribution is -0.384. The van der Waals surface area contributed by atoms with Crippen LogP contribution in [0.25, 0.3) is 0 Å². The highest BCUT2D eigenvalue weighted by Gasteiger charge is 2.32. The first kappa shape index (κ1) is 14.5. The van der Waals surface area contributed by atoms with Gasteiger partial charge in [-0.2, -0.15) is 0 Å². The molecule has 0 fully saturated rings. The Balaban J connectivity index is 2.02. The van der Waals surface area contributed by atoms with Gasteiger partial charge in [-0.3, -0.25) is 14.9 Å². The van der Waals surface area contributed by atoms with Crippen LogP contribution in [0, 0.1) is 10.1 Å². The number of nitro groups is 1. The van der Waals surface area contributed by atoms with Crippen LogP contribution in [0.4, 0.5) is 11.4 Å². The Hall–Kier alpha value is -2.40. The quantitative estimate of drug-likeness (QED) is 0.624. The minimum Gasteiger partial charge on any atom is -0.305 e. The number of nitro benzene ring substituents is 1. The Bertz CT molecular complexity index is 776. The van der Waals surface area contributed by atoms with Gasteiger partial charge in [0.05, 0.1) is 4.92 Å². The average molecular weight is 317 g/mol. The van der Waals surface area contributed by atoms with E-state index in [0.29, 0.717) is 0 Å². The third-order valence-corrected chi connectivity index (χ3v) is 4.14. The smallest absolute Gasteiger partial charge is 0.288 e. The van der Waals surface area contributed by atoms with Crippen LogP contribution in [0.1, 0.15) is 22.8 Å². The van der Waals surface area contributed by atoms with E-state index >= 15 is 0 Å². The number of hydrogen-bond donors (Lipinski definition) is 0. The first-order chi connectivity index (χ1) is 10.5. The van der Waals surface area contributed by atoms with Crippen molar-refractivity contribution >= 4 is 28.9 Å². The summed E-state index contributed by atoms with van der Waals surface area (Å²) >= 11 is 5.80. The zero-order chi connectivity index (χ0) is 15.9. The molecule has 112 valence electrons. The van der Waals surface area contributed by atoms with Crippen LogP contribution in [0.2, 0.25) is 5.02 Å². The maximum absolute atomic E-state index is 12.8. The summed E-state index contributed by atoms with van der Waals surface area (Å²) in [6.45, 7) is 1.96. The number of hydrogen-bond acceptors (Lipinski definition) is 3. The van der Waals surface area contributed by atoms with Crippen LogP contribution in [-0.2, 0) is 6.42 Å². The number of para-hydroxylation sites is 1. The van der Waals surface area contributed by atoms with Crippen molar-refractivity contribution in [3.8, 4) is 0 Å². The summed E-state index contributed by atoms with van der Waals surface area (Å²) in [5, 5.41) is 11.0. The molecule has 1 aliphatic heterocycles. The third kappa shape index (κ3) is 2.33. The highest BCUT2D eigenvalue weighted by molar-refractivity contribution is 6.32. The van der Waals surface area contributed by atoms with Crippen LogP contribution in [0.15, 0.2) is 42.5 Å². The van der Waals surface area contributed by atoms with E-state index in [0.717, 1.165) is 17.7 Å². The largest absolute Gasteiger partial charge is 0.305 e. The topological polar surface area (TPSA) is 63.5 Å². The Morgan fingerprint density at radius 1 is 1.32 bits per heavy atom. The highest BCUT2D eigenvalue weighted by atomic mass is 35.5. The van der Waals surface area contributed by atoms with E-state index in [1.807, 2.05) is 31.2 Å². The molecule has 2 aromatic rings. The molecular formula is C16H13ClN2O3. The number of halogens is 1. The molecule has 0 spiro atoms. The van der Waals surface area contributed by atoms with Crippen LogP contribution in [-0.4, -0.2) is 16.9 Å². The van der Waals surface area contributed by atoms with E-state index in [-0.39, 0.29) is 28.2 Å². The monoisotopic (exact) mass is 316 g/mol. The first-order valence-corrected chi connectivity index (χ1v) is 7.22.